The summed E-state index contributed by atoms with van der Waals surface area (Å²) in [6.07, 6.45) is 5.33. The van der Waals surface area contributed by atoms with Gasteiger partial charge in [0.25, 0.3) is 5.56 Å². The summed E-state index contributed by atoms with van der Waals surface area (Å²) < 4.78 is 5.25. The molecule has 0 fully saturated rings. The number of H-pyrrole nitrogens is 2. The van der Waals surface area contributed by atoms with Gasteiger partial charge in [0.05, 0.1) is 18.3 Å². The van der Waals surface area contributed by atoms with Crippen molar-refractivity contribution < 1.29 is 4.42 Å². The zero-order chi connectivity index (χ0) is 16.8. The number of thioether (sulfide) groups is 1. The maximum absolute atomic E-state index is 12.1. The Balaban J connectivity index is 1.45. The van der Waals surface area contributed by atoms with E-state index in [0.29, 0.717) is 24.5 Å². The molecule has 0 aromatic carbocycles. The molecule has 0 atom stereocenters. The highest BCUT2D eigenvalue weighted by atomic mass is 32.2. The molecule has 7 nitrogen and oxygen atoms in total. The largest absolute Gasteiger partial charge is 0.469 e. The molecule has 0 aliphatic heterocycles. The molecule has 0 saturated heterocycles. The Morgan fingerprint density at radius 1 is 1.38 bits per heavy atom. The maximum atomic E-state index is 12.1. The number of imidazole rings is 1. The number of nitrogens with one attached hydrogen (secondary N) is 3. The van der Waals surface area contributed by atoms with Crippen molar-refractivity contribution in [1.29, 1.82) is 0 Å². The number of aromatic nitrogens is 4. The molecule has 0 spiro atoms. The number of aryl methyl sites for hydroxylation is 1. The van der Waals surface area contributed by atoms with Crippen LogP contribution in [-0.2, 0) is 12.2 Å². The molecule has 3 N–H and O–H groups in total. The highest BCUT2D eigenvalue weighted by molar-refractivity contribution is 7.98. The van der Waals surface area contributed by atoms with E-state index in [9.17, 15) is 4.79 Å². The second-order valence-corrected chi connectivity index (χ2v) is 6.40. The normalized spacial score (nSPS) is 10.9. The molecule has 8 heteroatoms. The lowest BCUT2D eigenvalue weighted by Gasteiger charge is -2.06. The minimum atomic E-state index is -0.149. The minimum absolute atomic E-state index is 0.149. The number of furan rings is 1. The summed E-state index contributed by atoms with van der Waals surface area (Å²) >= 11 is 1.78. The van der Waals surface area contributed by atoms with Gasteiger partial charge < -0.3 is 14.7 Å². The summed E-state index contributed by atoms with van der Waals surface area (Å²) in [6, 6.07) is 3.64. The third-order valence-corrected chi connectivity index (χ3v) is 4.50. The van der Waals surface area contributed by atoms with Gasteiger partial charge in [-0.25, -0.2) is 9.97 Å². The summed E-state index contributed by atoms with van der Waals surface area (Å²) in [5.74, 6) is 2.99. The van der Waals surface area contributed by atoms with Crippen LogP contribution in [0, 0.1) is 6.92 Å². The van der Waals surface area contributed by atoms with Crippen molar-refractivity contribution in [2.45, 2.75) is 19.1 Å². The van der Waals surface area contributed by atoms with Gasteiger partial charge >= 0.3 is 0 Å². The van der Waals surface area contributed by atoms with Gasteiger partial charge in [0.1, 0.15) is 5.76 Å². The highest BCUT2D eigenvalue weighted by Crippen LogP contribution is 2.12. The summed E-state index contributed by atoms with van der Waals surface area (Å²) in [5.41, 5.74) is 2.62. The predicted molar refractivity (Wildman–Crippen MR) is 94.3 cm³/mol. The molecule has 3 rings (SSSR count). The Kier molecular flexibility index (Phi) is 5.37. The SMILES string of the molecule is Cc1[nH]cnc1CSCCNc1ncc(Cc2ccco2)c(=O)[nH]1. The van der Waals surface area contributed by atoms with Gasteiger partial charge in [-0.15, -0.1) is 0 Å². The van der Waals surface area contributed by atoms with Gasteiger partial charge in [-0.3, -0.25) is 9.78 Å². The average molecular weight is 345 g/mol. The molecule has 0 saturated carbocycles. The molecule has 0 amide bonds. The predicted octanol–water partition coefficient (Wildman–Crippen LogP) is 2.33. The summed E-state index contributed by atoms with van der Waals surface area (Å²) in [5, 5.41) is 3.13. The molecule has 24 heavy (non-hydrogen) atoms. The average Bonchev–Trinajstić information content (AvgIpc) is 3.22. The first-order valence-corrected chi connectivity index (χ1v) is 8.79. The van der Waals surface area contributed by atoms with Crippen LogP contribution in [-0.4, -0.2) is 32.2 Å². The summed E-state index contributed by atoms with van der Waals surface area (Å²) in [6.45, 7) is 2.73. The van der Waals surface area contributed by atoms with Crippen molar-refractivity contribution in [2.24, 2.45) is 0 Å². The summed E-state index contributed by atoms with van der Waals surface area (Å²) in [7, 11) is 0. The van der Waals surface area contributed by atoms with E-state index in [-0.39, 0.29) is 5.56 Å². The van der Waals surface area contributed by atoms with E-state index in [1.54, 1.807) is 36.6 Å². The van der Waals surface area contributed by atoms with Crippen molar-refractivity contribution in [2.75, 3.05) is 17.6 Å². The quantitative estimate of drug-likeness (QED) is 0.542. The van der Waals surface area contributed by atoms with Crippen molar-refractivity contribution in [3.05, 3.63) is 64.0 Å². The van der Waals surface area contributed by atoms with E-state index < -0.39 is 0 Å². The first-order chi connectivity index (χ1) is 11.7. The lowest BCUT2D eigenvalue weighted by atomic mass is 10.2. The fourth-order valence-corrected chi connectivity index (χ4v) is 3.06. The van der Waals surface area contributed by atoms with Crippen molar-refractivity contribution in [3.8, 4) is 0 Å². The van der Waals surface area contributed by atoms with Crippen LogP contribution in [0.25, 0.3) is 0 Å². The zero-order valence-electron chi connectivity index (χ0n) is 13.3. The Morgan fingerprint density at radius 3 is 3.00 bits per heavy atom. The topological polar surface area (TPSA) is 99.6 Å². The molecular formula is C16H19N5O2S. The molecule has 126 valence electrons. The van der Waals surface area contributed by atoms with Gasteiger partial charge in [0.2, 0.25) is 5.95 Å². The van der Waals surface area contributed by atoms with E-state index in [4.69, 9.17) is 4.42 Å². The number of anilines is 1. The van der Waals surface area contributed by atoms with Crippen LogP contribution >= 0.6 is 11.8 Å². The van der Waals surface area contributed by atoms with Gasteiger partial charge in [-0.05, 0) is 19.1 Å². The molecule has 0 unspecified atom stereocenters. The van der Waals surface area contributed by atoms with Crippen molar-refractivity contribution >= 4 is 17.7 Å². The van der Waals surface area contributed by atoms with Crippen LogP contribution in [0.4, 0.5) is 5.95 Å². The van der Waals surface area contributed by atoms with Crippen molar-refractivity contribution in [3.63, 3.8) is 0 Å². The number of nitrogens with zero attached hydrogens (tertiary/aromatic N) is 2. The number of hydrogen-bond donors (Lipinski definition) is 3. The second kappa shape index (κ2) is 7.87. The first-order valence-electron chi connectivity index (χ1n) is 7.63. The van der Waals surface area contributed by atoms with Crippen LogP contribution in [0.5, 0.6) is 0 Å². The Labute approximate surface area is 143 Å². The van der Waals surface area contributed by atoms with E-state index in [1.165, 1.54) is 0 Å². The third-order valence-electron chi connectivity index (χ3n) is 3.53. The molecule has 0 aliphatic carbocycles. The summed E-state index contributed by atoms with van der Waals surface area (Å²) in [4.78, 5) is 26.4. The molecule has 3 aromatic rings. The van der Waals surface area contributed by atoms with Gasteiger partial charge in [0.15, 0.2) is 0 Å². The third kappa shape index (κ3) is 4.29. The lowest BCUT2D eigenvalue weighted by Crippen LogP contribution is -2.18. The highest BCUT2D eigenvalue weighted by Gasteiger charge is 2.06. The zero-order valence-corrected chi connectivity index (χ0v) is 14.2. The number of rotatable bonds is 8. The monoisotopic (exact) mass is 345 g/mol. The van der Waals surface area contributed by atoms with Crippen LogP contribution in [0.2, 0.25) is 0 Å². The van der Waals surface area contributed by atoms with Gasteiger partial charge in [0, 0.05) is 41.9 Å². The second-order valence-electron chi connectivity index (χ2n) is 5.30. The van der Waals surface area contributed by atoms with Gasteiger partial charge in [-0.2, -0.15) is 11.8 Å². The van der Waals surface area contributed by atoms with Crippen LogP contribution in [0.3, 0.4) is 0 Å². The fourth-order valence-electron chi connectivity index (χ4n) is 2.18. The van der Waals surface area contributed by atoms with Gasteiger partial charge in [-0.1, -0.05) is 0 Å². The molecule has 3 heterocycles. The maximum Gasteiger partial charge on any atom is 0.255 e. The molecule has 0 radical (unpaired) electrons. The molecular weight excluding hydrogens is 326 g/mol. The minimum Gasteiger partial charge on any atom is -0.469 e. The van der Waals surface area contributed by atoms with Crippen LogP contribution in [0.15, 0.2) is 40.1 Å². The number of hydrogen-bond acceptors (Lipinski definition) is 6. The Morgan fingerprint density at radius 2 is 2.29 bits per heavy atom. The Bertz CT molecular complexity index is 825. The Hall–Kier alpha value is -2.48. The van der Waals surface area contributed by atoms with Crippen LogP contribution in [0.1, 0.15) is 22.7 Å². The smallest absolute Gasteiger partial charge is 0.255 e. The fraction of sp³-hybridized carbons (Fsp3) is 0.312. The molecule has 0 aliphatic rings. The first kappa shape index (κ1) is 16.4. The van der Waals surface area contributed by atoms with E-state index in [2.05, 4.69) is 25.3 Å². The van der Waals surface area contributed by atoms with Crippen molar-refractivity contribution in [1.82, 2.24) is 19.9 Å². The van der Waals surface area contributed by atoms with E-state index >= 15 is 0 Å². The molecule has 0 bridgehead atoms. The number of aromatic amines is 2. The van der Waals surface area contributed by atoms with E-state index in [0.717, 1.165) is 28.7 Å². The lowest BCUT2D eigenvalue weighted by molar-refractivity contribution is 0.520. The standard InChI is InChI=1S/C16H19N5O2S/c1-11-14(20-10-19-11)9-24-6-4-17-16-18-8-12(15(22)21-16)7-13-3-2-5-23-13/h2-3,5,8,10H,4,6-7,9H2,1H3,(H,19,20)(H2,17,18,21,22). The van der Waals surface area contributed by atoms with E-state index in [1.807, 2.05) is 13.0 Å². The van der Waals surface area contributed by atoms with Crippen LogP contribution < -0.4 is 10.9 Å². The molecule has 3 aromatic heterocycles.